The number of hydrogen-bond donors (Lipinski definition) is 7. The van der Waals surface area contributed by atoms with E-state index in [2.05, 4.69) is 101 Å². The lowest BCUT2D eigenvalue weighted by Gasteiger charge is -2.15. The van der Waals surface area contributed by atoms with E-state index in [4.69, 9.17) is 4.74 Å². The minimum atomic E-state index is -0.590. The molecule has 17 heteroatoms. The average Bonchev–Trinajstić information content (AvgIpc) is 3.09. The van der Waals surface area contributed by atoms with Gasteiger partial charge >= 0.3 is 0 Å². The quantitative estimate of drug-likeness (QED) is 0.0377. The van der Waals surface area contributed by atoms with Gasteiger partial charge in [-0.25, -0.2) is 0 Å². The number of halogens is 5. The van der Waals surface area contributed by atoms with Gasteiger partial charge in [0.25, 0.3) is 11.8 Å². The van der Waals surface area contributed by atoms with Crippen LogP contribution in [0.15, 0.2) is 93.3 Å². The summed E-state index contributed by atoms with van der Waals surface area (Å²) in [5, 5.41) is 61.1. The number of rotatable bonds is 14. The number of phenols is 3. The third-order valence-electron chi connectivity index (χ3n) is 7.29. The van der Waals surface area contributed by atoms with Crippen molar-refractivity contribution in [1.29, 1.82) is 0 Å². The molecule has 12 nitrogen and oxygen atoms in total. The number of ether oxygens (including phenoxy) is 1. The number of hydrogen-bond acceptors (Lipinski definition) is 10. The zero-order valence-corrected chi connectivity index (χ0v) is 34.2. The Balaban J connectivity index is 1.39. The van der Waals surface area contributed by atoms with Gasteiger partial charge in [-0.2, -0.15) is 0 Å². The number of amides is 2. The van der Waals surface area contributed by atoms with Gasteiger partial charge in [0.1, 0.15) is 22.9 Å². The second-order valence-electron chi connectivity index (χ2n) is 10.9. The summed E-state index contributed by atoms with van der Waals surface area (Å²) in [5.41, 5.74) is 2.54. The first-order chi connectivity index (χ1) is 24.3. The van der Waals surface area contributed by atoms with E-state index < -0.39 is 11.8 Å². The molecule has 2 amide bonds. The van der Waals surface area contributed by atoms with E-state index in [0.29, 0.717) is 41.9 Å². The van der Waals surface area contributed by atoms with Crippen molar-refractivity contribution < 1.29 is 40.1 Å². The minimum absolute atomic E-state index is 0.0192. The van der Waals surface area contributed by atoms with Crippen molar-refractivity contribution in [2.45, 2.75) is 25.7 Å². The maximum Gasteiger partial charge on any atom is 0.269 e. The summed E-state index contributed by atoms with van der Waals surface area (Å²) < 4.78 is 8.30. The summed E-state index contributed by atoms with van der Waals surface area (Å²) >= 11 is 16.8. The zero-order valence-electron chi connectivity index (χ0n) is 26.3. The topological polar surface area (TPSA) is 193 Å². The molecule has 0 aliphatic rings. The van der Waals surface area contributed by atoms with E-state index in [1.54, 1.807) is 54.6 Å². The molecule has 0 fully saturated rings. The number of carbonyl (C=O) groups excluding carboxylic acids is 2. The lowest BCUT2D eigenvalue weighted by atomic mass is 10.1. The molecule has 0 atom stereocenters. The second kappa shape index (κ2) is 18.7. The Bertz CT molecular complexity index is 1980. The van der Waals surface area contributed by atoms with Crippen LogP contribution in [0.3, 0.4) is 0 Å². The fourth-order valence-electron chi connectivity index (χ4n) is 4.69. The van der Waals surface area contributed by atoms with Crippen molar-refractivity contribution in [2.75, 3.05) is 13.1 Å². The highest BCUT2D eigenvalue weighted by atomic mass is 79.9. The van der Waals surface area contributed by atoms with E-state index in [9.17, 15) is 35.3 Å². The van der Waals surface area contributed by atoms with Crippen molar-refractivity contribution in [3.05, 3.63) is 105 Å². The Morgan fingerprint density at radius 2 is 1.00 bits per heavy atom. The van der Waals surface area contributed by atoms with Gasteiger partial charge < -0.3 is 41.1 Å². The van der Waals surface area contributed by atoms with Crippen LogP contribution < -0.4 is 15.4 Å². The molecule has 0 radical (unpaired) electrons. The Labute approximate surface area is 334 Å². The van der Waals surface area contributed by atoms with E-state index in [-0.39, 0.29) is 70.6 Å². The lowest BCUT2D eigenvalue weighted by Crippen LogP contribution is -2.33. The Hall–Kier alpha value is -3.64. The number of oxime groups is 2. The monoisotopic (exact) mass is 1020 g/mol. The smallest absolute Gasteiger partial charge is 0.269 e. The first kappa shape index (κ1) is 40.1. The first-order valence-electron chi connectivity index (χ1n) is 14.9. The molecule has 0 saturated carbocycles. The average molecular weight is 1020 g/mol. The second-order valence-corrected chi connectivity index (χ2v) is 15.2. The summed E-state index contributed by atoms with van der Waals surface area (Å²) in [7, 11) is 0. The summed E-state index contributed by atoms with van der Waals surface area (Å²) in [4.78, 5) is 25.5. The van der Waals surface area contributed by atoms with Gasteiger partial charge in [0.05, 0.1) is 22.4 Å². The molecule has 51 heavy (non-hydrogen) atoms. The predicted molar refractivity (Wildman–Crippen MR) is 209 cm³/mol. The molecule has 0 spiro atoms. The van der Waals surface area contributed by atoms with Gasteiger partial charge in [0, 0.05) is 25.9 Å². The SMILES string of the molecule is O=C(NCCc1ccc(O)c(Br)c1)/C(Cc1cc(Br)c(O)c(Oc2c(Br)cc(C/C(=N\O)C(=O)NCCc3ccc(O)c(Br)c3)cc2Br)c1)=N\O. The number of aromatic hydroxyl groups is 3. The molecule has 4 aromatic carbocycles. The van der Waals surface area contributed by atoms with E-state index in [1.165, 1.54) is 6.07 Å². The van der Waals surface area contributed by atoms with Crippen molar-refractivity contribution in [2.24, 2.45) is 10.3 Å². The van der Waals surface area contributed by atoms with Gasteiger partial charge in [-0.15, -0.1) is 0 Å². The van der Waals surface area contributed by atoms with Crippen LogP contribution in [-0.2, 0) is 35.3 Å². The lowest BCUT2D eigenvalue weighted by molar-refractivity contribution is -0.115. The molecule has 4 aromatic rings. The summed E-state index contributed by atoms with van der Waals surface area (Å²) in [6.45, 7) is 0.513. The molecular formula is C34H29Br5N4O8. The van der Waals surface area contributed by atoms with E-state index in [1.807, 2.05) is 0 Å². The largest absolute Gasteiger partial charge is 0.507 e. The molecule has 4 rings (SSSR count). The van der Waals surface area contributed by atoms with Crippen LogP contribution in [0.1, 0.15) is 22.3 Å². The molecule has 0 bridgehead atoms. The van der Waals surface area contributed by atoms with Gasteiger partial charge in [-0.3, -0.25) is 9.59 Å². The molecule has 0 heterocycles. The number of carbonyl (C=O) groups is 2. The number of nitrogens with one attached hydrogen (secondary N) is 2. The maximum atomic E-state index is 12.8. The van der Waals surface area contributed by atoms with Crippen molar-refractivity contribution in [3.63, 3.8) is 0 Å². The molecule has 268 valence electrons. The van der Waals surface area contributed by atoms with Crippen LogP contribution in [0.4, 0.5) is 0 Å². The Morgan fingerprint density at radius 3 is 1.43 bits per heavy atom. The van der Waals surface area contributed by atoms with Crippen LogP contribution in [-0.4, -0.2) is 62.1 Å². The van der Waals surface area contributed by atoms with Gasteiger partial charge in [-0.05, 0) is 163 Å². The molecule has 0 unspecified atom stereocenters. The Morgan fingerprint density at radius 1 is 0.588 bits per heavy atom. The maximum absolute atomic E-state index is 12.8. The number of benzene rings is 4. The molecular weight excluding hydrogens is 992 g/mol. The summed E-state index contributed by atoms with van der Waals surface area (Å²) in [6.07, 6.45) is 0.838. The fraction of sp³-hybridized carbons (Fsp3) is 0.176. The molecule has 0 saturated heterocycles. The van der Waals surface area contributed by atoms with Crippen molar-refractivity contribution >= 4 is 103 Å². The third kappa shape index (κ3) is 11.2. The van der Waals surface area contributed by atoms with E-state index in [0.717, 1.165) is 11.1 Å². The summed E-state index contributed by atoms with van der Waals surface area (Å²) in [5.74, 6) is -0.842. The normalized spacial score (nSPS) is 11.7. The van der Waals surface area contributed by atoms with Crippen LogP contribution in [0, 0.1) is 0 Å². The Kier molecular flexibility index (Phi) is 14.7. The van der Waals surface area contributed by atoms with Crippen LogP contribution in [0.5, 0.6) is 28.7 Å². The first-order valence-corrected chi connectivity index (χ1v) is 18.9. The van der Waals surface area contributed by atoms with Gasteiger partial charge in [0.2, 0.25) is 0 Å². The minimum Gasteiger partial charge on any atom is -0.507 e. The summed E-state index contributed by atoms with van der Waals surface area (Å²) in [6, 6.07) is 16.4. The molecule has 0 aliphatic carbocycles. The number of nitrogens with zero attached hydrogens (tertiary/aromatic N) is 2. The highest BCUT2D eigenvalue weighted by Gasteiger charge is 2.20. The standard InChI is InChI=1S/C34H29Br5N4O8/c35-21-9-17(1-3-28(21)44)5-7-40-33(47)26(42-49)14-19-12-24(38)32(25(39)13-19)51-30-16-20(11-23(37)31(30)46)15-27(43-50)34(48)41-8-6-18-2-4-29(45)22(36)10-18/h1-4,9-13,16,44-46,49-50H,5-8,14-15H2,(H,40,47)(H,41,48)/b42-26+,43-27-. The van der Waals surface area contributed by atoms with Crippen LogP contribution >= 0.6 is 79.6 Å². The molecule has 7 N–H and O–H groups in total. The third-order valence-corrected chi connectivity index (χ3v) is 10.3. The van der Waals surface area contributed by atoms with Gasteiger partial charge in [-0.1, -0.05) is 22.4 Å². The van der Waals surface area contributed by atoms with Crippen molar-refractivity contribution in [3.8, 4) is 28.7 Å². The molecule has 0 aromatic heterocycles. The predicted octanol–water partition coefficient (Wildman–Crippen LogP) is 7.87. The number of phenolic OH excluding ortho intramolecular Hbond substituents is 3. The highest BCUT2D eigenvalue weighted by Crippen LogP contribution is 2.43. The highest BCUT2D eigenvalue weighted by molar-refractivity contribution is 9.11. The fourth-order valence-corrected chi connectivity index (χ4v) is 7.48. The van der Waals surface area contributed by atoms with Crippen LogP contribution in [0.2, 0.25) is 0 Å². The van der Waals surface area contributed by atoms with Gasteiger partial charge in [0.15, 0.2) is 17.2 Å². The molecule has 0 aliphatic heterocycles. The zero-order chi connectivity index (χ0) is 37.2. The van der Waals surface area contributed by atoms with E-state index >= 15 is 0 Å². The van der Waals surface area contributed by atoms with Crippen molar-refractivity contribution in [1.82, 2.24) is 10.6 Å². The van der Waals surface area contributed by atoms with Crippen LogP contribution in [0.25, 0.3) is 0 Å².